The number of unbranched alkanes of at least 4 members (excludes halogenated alkanes) is 1. The van der Waals surface area contributed by atoms with Crippen LogP contribution in [0.4, 0.5) is 15.3 Å². The number of esters is 2. The van der Waals surface area contributed by atoms with E-state index in [0.29, 0.717) is 12.3 Å². The molecule has 0 fully saturated rings. The van der Waals surface area contributed by atoms with E-state index in [0.717, 1.165) is 24.0 Å². The number of nitrogens with zero attached hydrogens (tertiary/aromatic N) is 1. The Morgan fingerprint density at radius 2 is 1.46 bits per heavy atom. The lowest BCUT2D eigenvalue weighted by molar-refractivity contribution is -0.167. The van der Waals surface area contributed by atoms with E-state index < -0.39 is 46.8 Å². The number of anilines is 1. The van der Waals surface area contributed by atoms with E-state index in [1.165, 1.54) is 12.1 Å². The first-order valence-electron chi connectivity index (χ1n) is 16.6. The summed E-state index contributed by atoms with van der Waals surface area (Å²) in [4.78, 5) is 54.9. The van der Waals surface area contributed by atoms with Gasteiger partial charge in [-0.05, 0) is 98.6 Å². The molecule has 2 rings (SSSR count). The van der Waals surface area contributed by atoms with Gasteiger partial charge in [-0.2, -0.15) is 0 Å². The van der Waals surface area contributed by atoms with E-state index in [1.807, 2.05) is 38.1 Å². The topological polar surface area (TPSA) is 160 Å². The molecule has 2 atom stereocenters. The van der Waals surface area contributed by atoms with Gasteiger partial charge in [0.25, 0.3) is 0 Å². The fraction of sp³-hybridized carbons (Fsp3) is 0.541. The van der Waals surface area contributed by atoms with E-state index in [-0.39, 0.29) is 31.5 Å². The second-order valence-corrected chi connectivity index (χ2v) is 14.1. The largest absolute Gasteiger partial charge is 0.462 e. The van der Waals surface area contributed by atoms with Crippen LogP contribution in [0, 0.1) is 12.3 Å². The quantitative estimate of drug-likeness (QED) is 0.0517. The molecule has 0 bridgehead atoms. The lowest BCUT2D eigenvalue weighted by Crippen LogP contribution is -2.42. The second-order valence-electron chi connectivity index (χ2n) is 14.1. The Balaban J connectivity index is 2.12. The number of alkyl carbamates (subject to hydrolysis) is 1. The second kappa shape index (κ2) is 19.0. The van der Waals surface area contributed by atoms with Crippen LogP contribution >= 0.6 is 0 Å². The van der Waals surface area contributed by atoms with Crippen molar-refractivity contribution >= 4 is 35.8 Å². The van der Waals surface area contributed by atoms with E-state index >= 15 is 0 Å². The maximum absolute atomic E-state index is 13.5. The summed E-state index contributed by atoms with van der Waals surface area (Å²) in [5.41, 5.74) is -0.518. The lowest BCUT2D eigenvalue weighted by atomic mass is 9.93. The maximum atomic E-state index is 13.5. The van der Waals surface area contributed by atoms with Gasteiger partial charge in [0.05, 0.1) is 13.2 Å². The number of aryl methyl sites for hydroxylation is 1. The summed E-state index contributed by atoms with van der Waals surface area (Å²) in [6.45, 7) is 17.6. The van der Waals surface area contributed by atoms with Gasteiger partial charge in [0.2, 0.25) is 5.96 Å². The molecule has 0 aliphatic rings. The number of guanidine groups is 1. The van der Waals surface area contributed by atoms with Crippen LogP contribution in [0.1, 0.15) is 86.3 Å². The number of carbonyl (C=O) groups is 4. The number of aliphatic imine (C=N–C) groups is 1. The van der Waals surface area contributed by atoms with Crippen LogP contribution in [0.3, 0.4) is 0 Å². The number of rotatable bonds is 14. The van der Waals surface area contributed by atoms with Crippen molar-refractivity contribution in [3.63, 3.8) is 0 Å². The summed E-state index contributed by atoms with van der Waals surface area (Å²) >= 11 is 0. The third-order valence-electron chi connectivity index (χ3n) is 6.58. The van der Waals surface area contributed by atoms with Gasteiger partial charge in [-0.1, -0.05) is 43.2 Å². The van der Waals surface area contributed by atoms with Crippen LogP contribution in [-0.2, 0) is 39.9 Å². The summed E-state index contributed by atoms with van der Waals surface area (Å²) in [5, 5.41) is 5.25. The third kappa shape index (κ3) is 16.3. The number of ether oxygens (including phenoxy) is 6. The lowest BCUT2D eigenvalue weighted by Gasteiger charge is -2.27. The van der Waals surface area contributed by atoms with Crippen LogP contribution < -0.4 is 15.4 Å². The summed E-state index contributed by atoms with van der Waals surface area (Å²) in [6, 6.07) is 13.9. The molecule has 2 N–H and O–H groups in total. The molecule has 0 saturated heterocycles. The van der Waals surface area contributed by atoms with E-state index in [1.54, 1.807) is 67.5 Å². The summed E-state index contributed by atoms with van der Waals surface area (Å²) in [6.07, 6.45) is -0.942. The van der Waals surface area contributed by atoms with E-state index in [4.69, 9.17) is 28.4 Å². The molecule has 0 saturated carbocycles. The highest BCUT2D eigenvalue weighted by Gasteiger charge is 2.38. The zero-order valence-corrected chi connectivity index (χ0v) is 31.0. The minimum Gasteiger partial charge on any atom is -0.462 e. The fourth-order valence-corrected chi connectivity index (χ4v) is 3.86. The molecule has 0 aromatic heterocycles. The van der Waals surface area contributed by atoms with Crippen LogP contribution in [0.25, 0.3) is 0 Å². The molecule has 13 heteroatoms. The Morgan fingerprint density at radius 3 is 2.04 bits per heavy atom. The normalized spacial score (nSPS) is 13.8. The smallest absolute Gasteiger partial charge is 0.437 e. The zero-order valence-electron chi connectivity index (χ0n) is 31.0. The van der Waals surface area contributed by atoms with Gasteiger partial charge in [0, 0.05) is 12.3 Å². The highest BCUT2D eigenvalue weighted by atomic mass is 16.6. The van der Waals surface area contributed by atoms with Crippen molar-refractivity contribution in [2.75, 3.05) is 25.1 Å². The van der Waals surface area contributed by atoms with Crippen LogP contribution in [0.15, 0.2) is 53.5 Å². The first-order valence-corrected chi connectivity index (χ1v) is 16.6. The number of hydrogen-bond acceptors (Lipinski definition) is 10. The number of benzene rings is 2. The van der Waals surface area contributed by atoms with Gasteiger partial charge in [0.15, 0.2) is 6.10 Å². The minimum absolute atomic E-state index is 0.0435. The molecule has 0 radical (unpaired) electrons. The Morgan fingerprint density at radius 1 is 0.840 bits per heavy atom. The predicted octanol–water partition coefficient (Wildman–Crippen LogP) is 7.10. The average molecular weight is 700 g/mol. The highest BCUT2D eigenvalue weighted by Crippen LogP contribution is 2.24. The SMILES string of the molecule is CCCCOCC(C)(COC(=O)C(C)OCc1ccc(C)cc1)C(=O)Oc1ccc(N/C(=N\C(=O)OC(C)(C)C)NC(=O)OC(C)(C)C)cc1. The van der Waals surface area contributed by atoms with Crippen molar-refractivity contribution in [2.45, 2.75) is 106 Å². The molecule has 2 unspecified atom stereocenters. The molecule has 50 heavy (non-hydrogen) atoms. The first kappa shape index (κ1) is 41.7. The first-order chi connectivity index (χ1) is 23.3. The van der Waals surface area contributed by atoms with Crippen LogP contribution in [-0.4, -0.2) is 67.2 Å². The van der Waals surface area contributed by atoms with Gasteiger partial charge >= 0.3 is 24.1 Å². The molecule has 276 valence electrons. The zero-order chi connectivity index (χ0) is 37.5. The van der Waals surface area contributed by atoms with Crippen molar-refractivity contribution in [1.29, 1.82) is 0 Å². The molecule has 13 nitrogen and oxygen atoms in total. The van der Waals surface area contributed by atoms with E-state index in [9.17, 15) is 19.2 Å². The van der Waals surface area contributed by atoms with Gasteiger partial charge < -0.3 is 33.7 Å². The van der Waals surface area contributed by atoms with Gasteiger partial charge in [-0.15, -0.1) is 4.99 Å². The molecule has 0 aliphatic carbocycles. The van der Waals surface area contributed by atoms with Crippen molar-refractivity contribution in [1.82, 2.24) is 5.32 Å². The molecular formula is C37H53N3O10. The Bertz CT molecular complexity index is 1440. The number of amides is 2. The van der Waals surface area contributed by atoms with Crippen LogP contribution in [0.2, 0.25) is 0 Å². The third-order valence-corrected chi connectivity index (χ3v) is 6.58. The van der Waals surface area contributed by atoms with Crippen LogP contribution in [0.5, 0.6) is 5.75 Å². The summed E-state index contributed by atoms with van der Waals surface area (Å²) in [5.74, 6) is -1.35. The molecule has 0 heterocycles. The molecular weight excluding hydrogens is 646 g/mol. The number of carbonyl (C=O) groups excluding carboxylic acids is 4. The van der Waals surface area contributed by atoms with E-state index in [2.05, 4.69) is 15.6 Å². The minimum atomic E-state index is -1.33. The maximum Gasteiger partial charge on any atom is 0.437 e. The molecule has 0 aliphatic heterocycles. The van der Waals surface area contributed by atoms with Crippen molar-refractivity contribution < 1.29 is 47.6 Å². The standard InChI is InChI=1S/C37H53N3O10/c1-11-12-21-45-23-37(10,24-47-30(41)26(3)46-22-27-15-13-25(2)14-16-27)31(42)48-29-19-17-28(18-20-29)38-32(39-33(43)49-35(4,5)6)40-34(44)50-36(7,8)9/h13-20,26H,11-12,21-24H2,1-10H3,(H2,38,39,40,43,44). The van der Waals surface area contributed by atoms with Gasteiger partial charge in [-0.25, -0.2) is 14.4 Å². The Labute approximate surface area is 295 Å². The summed E-state index contributed by atoms with van der Waals surface area (Å²) in [7, 11) is 0. The molecule has 0 spiro atoms. The van der Waals surface area contributed by atoms with Gasteiger partial charge in [-0.3, -0.25) is 10.1 Å². The predicted molar refractivity (Wildman–Crippen MR) is 189 cm³/mol. The van der Waals surface area contributed by atoms with Crippen molar-refractivity contribution in [2.24, 2.45) is 10.4 Å². The number of nitrogens with one attached hydrogen (secondary N) is 2. The Kier molecular flexibility index (Phi) is 15.9. The summed E-state index contributed by atoms with van der Waals surface area (Å²) < 4.78 is 33.2. The highest BCUT2D eigenvalue weighted by molar-refractivity contribution is 6.06. The fourth-order valence-electron chi connectivity index (χ4n) is 3.86. The van der Waals surface area contributed by atoms with Crippen molar-refractivity contribution in [3.05, 3.63) is 59.7 Å². The average Bonchev–Trinajstić information content (AvgIpc) is 3.00. The monoisotopic (exact) mass is 699 g/mol. The van der Waals surface area contributed by atoms with Gasteiger partial charge in [0.1, 0.15) is 29.0 Å². The molecule has 2 amide bonds. The molecule has 2 aromatic carbocycles. The Hall–Kier alpha value is -4.49. The van der Waals surface area contributed by atoms with Crippen molar-refractivity contribution in [3.8, 4) is 5.75 Å². The number of hydrogen-bond donors (Lipinski definition) is 2. The molecule has 2 aromatic rings.